The second-order valence-corrected chi connectivity index (χ2v) is 5.36. The van der Waals surface area contributed by atoms with Crippen LogP contribution < -0.4 is 5.43 Å². The minimum Gasteiger partial charge on any atom is -0.376 e. The van der Waals surface area contributed by atoms with Crippen LogP contribution in [0.4, 0.5) is 5.69 Å². The van der Waals surface area contributed by atoms with Crippen molar-refractivity contribution < 1.29 is 9.66 Å². The number of nitro groups is 1. The molecule has 1 saturated carbocycles. The Morgan fingerprint density at radius 1 is 1.45 bits per heavy atom. The number of nitrogens with zero attached hydrogens (tertiary/aromatic N) is 2. The second kappa shape index (κ2) is 6.65. The van der Waals surface area contributed by atoms with Gasteiger partial charge in [0.05, 0.1) is 23.8 Å². The van der Waals surface area contributed by atoms with Gasteiger partial charge in [0.15, 0.2) is 0 Å². The van der Waals surface area contributed by atoms with Crippen LogP contribution in [0.15, 0.2) is 23.3 Å². The molecule has 110 valence electrons. The monoisotopic (exact) mass is 280 g/mol. The van der Waals surface area contributed by atoms with Crippen molar-refractivity contribution in [2.45, 2.75) is 45.3 Å². The maximum atomic E-state index is 11.3. The fourth-order valence-electron chi connectivity index (χ4n) is 2.63. The van der Waals surface area contributed by atoms with Gasteiger partial charge in [-0.05, 0) is 18.8 Å². The van der Waals surface area contributed by atoms with Gasteiger partial charge in [-0.3, -0.25) is 14.9 Å². The Balaban J connectivity index is 1.89. The van der Waals surface area contributed by atoms with E-state index in [-0.39, 0.29) is 6.10 Å². The van der Waals surface area contributed by atoms with E-state index in [1.165, 1.54) is 31.5 Å². The summed E-state index contributed by atoms with van der Waals surface area (Å²) in [6.07, 6.45) is 7.89. The molecule has 2 rings (SSSR count). The first kappa shape index (κ1) is 14.7. The molecule has 0 saturated heterocycles. The number of hydrogen-bond acceptors (Lipinski definition) is 4. The second-order valence-electron chi connectivity index (χ2n) is 5.36. The van der Waals surface area contributed by atoms with E-state index in [2.05, 4.69) is 6.92 Å². The zero-order valence-corrected chi connectivity index (χ0v) is 11.7. The van der Waals surface area contributed by atoms with E-state index in [1.54, 1.807) is 10.8 Å². The average molecular weight is 280 g/mol. The Bertz CT molecular complexity index is 526. The van der Waals surface area contributed by atoms with Gasteiger partial charge in [-0.25, -0.2) is 0 Å². The maximum absolute atomic E-state index is 11.3. The van der Waals surface area contributed by atoms with E-state index < -0.39 is 16.0 Å². The summed E-state index contributed by atoms with van der Waals surface area (Å²) in [5, 5.41) is 10.7. The summed E-state index contributed by atoms with van der Waals surface area (Å²) in [5.74, 6) is 0.576. The molecule has 20 heavy (non-hydrogen) atoms. The zero-order chi connectivity index (χ0) is 14.5. The molecule has 1 heterocycles. The lowest BCUT2D eigenvalue weighted by atomic mass is 9.88. The number of hydrogen-bond donors (Lipinski definition) is 0. The molecule has 1 aromatic heterocycles. The Labute approximate surface area is 117 Å². The molecule has 0 amide bonds. The molecule has 2 atom stereocenters. The van der Waals surface area contributed by atoms with Gasteiger partial charge >= 0.3 is 5.69 Å². The molecule has 6 nitrogen and oxygen atoms in total. The zero-order valence-electron chi connectivity index (χ0n) is 11.7. The maximum Gasteiger partial charge on any atom is 0.332 e. The van der Waals surface area contributed by atoms with Crippen LogP contribution in [0.3, 0.4) is 0 Å². The van der Waals surface area contributed by atoms with Crippen LogP contribution in [0, 0.1) is 16.0 Å². The van der Waals surface area contributed by atoms with Gasteiger partial charge in [0.25, 0.3) is 5.43 Å². The first-order valence-corrected chi connectivity index (χ1v) is 7.04. The molecule has 0 N–H and O–H groups in total. The van der Waals surface area contributed by atoms with E-state index in [0.29, 0.717) is 19.1 Å². The highest BCUT2D eigenvalue weighted by Crippen LogP contribution is 2.26. The molecule has 6 heteroatoms. The van der Waals surface area contributed by atoms with Crippen LogP contribution in [-0.4, -0.2) is 22.2 Å². The molecule has 0 aromatic carbocycles. The first-order chi connectivity index (χ1) is 9.58. The van der Waals surface area contributed by atoms with E-state index in [1.807, 2.05) is 0 Å². The Hall–Kier alpha value is -1.69. The molecule has 1 aliphatic carbocycles. The highest BCUT2D eigenvalue weighted by Gasteiger charge is 2.21. The minimum absolute atomic E-state index is 0.290. The molecule has 0 unspecified atom stereocenters. The number of aromatic nitrogens is 1. The van der Waals surface area contributed by atoms with Gasteiger partial charge in [0.2, 0.25) is 0 Å². The molecule has 0 radical (unpaired) electrons. The predicted molar refractivity (Wildman–Crippen MR) is 74.7 cm³/mol. The predicted octanol–water partition coefficient (Wildman–Crippen LogP) is 2.35. The van der Waals surface area contributed by atoms with Gasteiger partial charge < -0.3 is 9.30 Å². The Kier molecular flexibility index (Phi) is 4.89. The Morgan fingerprint density at radius 3 is 2.90 bits per heavy atom. The summed E-state index contributed by atoms with van der Waals surface area (Å²) in [7, 11) is 0. The summed E-state index contributed by atoms with van der Waals surface area (Å²) in [4.78, 5) is 21.3. The quantitative estimate of drug-likeness (QED) is 0.613. The lowest BCUT2D eigenvalue weighted by molar-refractivity contribution is -0.386. The first-order valence-electron chi connectivity index (χ1n) is 7.04. The smallest absolute Gasteiger partial charge is 0.332 e. The molecule has 1 aromatic rings. The minimum atomic E-state index is -0.650. The van der Waals surface area contributed by atoms with Crippen molar-refractivity contribution >= 4 is 5.69 Å². The topological polar surface area (TPSA) is 74.4 Å². The number of ether oxygens (including phenoxy) is 1. The SMILES string of the molecule is C[C@H]1CCCC[C@@H]1OCCn1ccc(=O)c([N+](=O)[O-])c1. The van der Waals surface area contributed by atoms with E-state index >= 15 is 0 Å². The van der Waals surface area contributed by atoms with Crippen molar-refractivity contribution in [3.05, 3.63) is 38.8 Å². The standard InChI is InChI=1S/C14H20N2O4/c1-11-4-2-3-5-14(11)20-9-8-15-7-6-13(17)12(10-15)16(18)19/h6-7,10-11,14H,2-5,8-9H2,1H3/t11-,14-/m0/s1. The van der Waals surface area contributed by atoms with Crippen LogP contribution in [0.5, 0.6) is 0 Å². The molecular formula is C14H20N2O4. The fraction of sp³-hybridized carbons (Fsp3) is 0.643. The molecule has 1 fully saturated rings. The molecule has 1 aliphatic rings. The summed E-state index contributed by atoms with van der Waals surface area (Å²) in [6, 6.07) is 1.22. The van der Waals surface area contributed by atoms with E-state index in [0.717, 1.165) is 6.42 Å². The Morgan fingerprint density at radius 2 is 2.20 bits per heavy atom. The van der Waals surface area contributed by atoms with Gasteiger partial charge in [0.1, 0.15) is 0 Å². The number of rotatable bonds is 5. The van der Waals surface area contributed by atoms with Crippen LogP contribution in [0.2, 0.25) is 0 Å². The average Bonchev–Trinajstić information content (AvgIpc) is 2.42. The van der Waals surface area contributed by atoms with Gasteiger partial charge in [0, 0.05) is 18.8 Å². The van der Waals surface area contributed by atoms with Gasteiger partial charge in [-0.1, -0.05) is 19.8 Å². The van der Waals surface area contributed by atoms with Crippen LogP contribution in [0.1, 0.15) is 32.6 Å². The third-order valence-electron chi connectivity index (χ3n) is 3.87. The molecule has 0 spiro atoms. The largest absolute Gasteiger partial charge is 0.376 e. The van der Waals surface area contributed by atoms with Crippen molar-refractivity contribution in [1.82, 2.24) is 4.57 Å². The van der Waals surface area contributed by atoms with Gasteiger partial charge in [-0.2, -0.15) is 0 Å². The fourth-order valence-corrected chi connectivity index (χ4v) is 2.63. The number of pyridine rings is 1. The van der Waals surface area contributed by atoms with Crippen molar-refractivity contribution in [3.63, 3.8) is 0 Å². The normalized spacial score (nSPS) is 22.6. The van der Waals surface area contributed by atoms with Crippen molar-refractivity contribution in [2.75, 3.05) is 6.61 Å². The summed E-state index contributed by atoms with van der Waals surface area (Å²) < 4.78 is 7.49. The van der Waals surface area contributed by atoms with Crippen molar-refractivity contribution in [3.8, 4) is 0 Å². The molecule has 0 bridgehead atoms. The van der Waals surface area contributed by atoms with Crippen LogP contribution >= 0.6 is 0 Å². The lowest BCUT2D eigenvalue weighted by Gasteiger charge is -2.28. The van der Waals surface area contributed by atoms with Crippen molar-refractivity contribution in [2.24, 2.45) is 5.92 Å². The van der Waals surface area contributed by atoms with E-state index in [4.69, 9.17) is 4.74 Å². The van der Waals surface area contributed by atoms with E-state index in [9.17, 15) is 14.9 Å². The molecule has 0 aliphatic heterocycles. The highest BCUT2D eigenvalue weighted by molar-refractivity contribution is 5.25. The van der Waals surface area contributed by atoms with Crippen LogP contribution in [0.25, 0.3) is 0 Å². The molecular weight excluding hydrogens is 260 g/mol. The highest BCUT2D eigenvalue weighted by atomic mass is 16.6. The summed E-state index contributed by atoms with van der Waals surface area (Å²) >= 11 is 0. The summed E-state index contributed by atoms with van der Waals surface area (Å²) in [5.41, 5.74) is -0.952. The third kappa shape index (κ3) is 3.66. The van der Waals surface area contributed by atoms with Gasteiger partial charge in [-0.15, -0.1) is 0 Å². The lowest BCUT2D eigenvalue weighted by Crippen LogP contribution is -2.27. The van der Waals surface area contributed by atoms with Crippen molar-refractivity contribution in [1.29, 1.82) is 0 Å². The summed E-state index contributed by atoms with van der Waals surface area (Å²) in [6.45, 7) is 3.23. The van der Waals surface area contributed by atoms with Crippen LogP contribution in [-0.2, 0) is 11.3 Å². The third-order valence-corrected chi connectivity index (χ3v) is 3.87.